The van der Waals surface area contributed by atoms with Crippen LogP contribution in [0, 0.1) is 6.92 Å². The van der Waals surface area contributed by atoms with Gasteiger partial charge in [0.1, 0.15) is 0 Å². The lowest BCUT2D eigenvalue weighted by molar-refractivity contribution is -0.113. The number of aromatic nitrogens is 3. The number of nitrogens with zero attached hydrogens (tertiary/aromatic N) is 4. The van der Waals surface area contributed by atoms with Gasteiger partial charge < -0.3 is 14.8 Å². The standard InChI is InChI=1S/C22H27N5OS/c1-5-27(6-2)19-13-9-17(10-14-19)21-24-25-22(26(21)4)29-15-20(28)23-18-11-7-16(3)8-12-18/h7-14H,5-6,15H2,1-4H3,(H,23,28). The van der Waals surface area contributed by atoms with Crippen molar-refractivity contribution in [3.05, 3.63) is 54.1 Å². The van der Waals surface area contributed by atoms with E-state index >= 15 is 0 Å². The maximum absolute atomic E-state index is 12.2. The highest BCUT2D eigenvalue weighted by atomic mass is 32.2. The Hall–Kier alpha value is -2.80. The lowest BCUT2D eigenvalue weighted by atomic mass is 10.2. The van der Waals surface area contributed by atoms with E-state index in [0.717, 1.165) is 35.7 Å². The van der Waals surface area contributed by atoms with Crippen molar-refractivity contribution in [3.8, 4) is 11.4 Å². The molecule has 2 aromatic carbocycles. The maximum atomic E-state index is 12.2. The first-order valence-electron chi connectivity index (χ1n) is 9.76. The van der Waals surface area contributed by atoms with Gasteiger partial charge in [-0.15, -0.1) is 10.2 Å². The van der Waals surface area contributed by atoms with Crippen LogP contribution in [0.15, 0.2) is 53.7 Å². The minimum Gasteiger partial charge on any atom is -0.372 e. The summed E-state index contributed by atoms with van der Waals surface area (Å²) in [6, 6.07) is 16.1. The number of carbonyl (C=O) groups is 1. The van der Waals surface area contributed by atoms with Crippen LogP contribution < -0.4 is 10.2 Å². The molecule has 1 N–H and O–H groups in total. The van der Waals surface area contributed by atoms with E-state index in [1.807, 2.05) is 42.8 Å². The first-order chi connectivity index (χ1) is 14.0. The first kappa shape index (κ1) is 20.9. The highest BCUT2D eigenvalue weighted by molar-refractivity contribution is 7.99. The van der Waals surface area contributed by atoms with Crippen LogP contribution in [0.3, 0.4) is 0 Å². The normalized spacial score (nSPS) is 10.8. The van der Waals surface area contributed by atoms with Crippen molar-refractivity contribution in [1.29, 1.82) is 0 Å². The largest absolute Gasteiger partial charge is 0.372 e. The van der Waals surface area contributed by atoms with Gasteiger partial charge in [0.15, 0.2) is 11.0 Å². The molecule has 0 saturated carbocycles. The van der Waals surface area contributed by atoms with Gasteiger partial charge in [0, 0.05) is 37.1 Å². The van der Waals surface area contributed by atoms with Crippen LogP contribution in [0.5, 0.6) is 0 Å². The Kier molecular flexibility index (Phi) is 6.93. The van der Waals surface area contributed by atoms with Gasteiger partial charge in [-0.2, -0.15) is 0 Å². The van der Waals surface area contributed by atoms with Crippen LogP contribution in [0.4, 0.5) is 11.4 Å². The number of carbonyl (C=O) groups excluding carboxylic acids is 1. The minimum absolute atomic E-state index is 0.0630. The zero-order chi connectivity index (χ0) is 20.8. The first-order valence-corrected chi connectivity index (χ1v) is 10.7. The van der Waals surface area contributed by atoms with E-state index in [0.29, 0.717) is 5.16 Å². The zero-order valence-electron chi connectivity index (χ0n) is 17.3. The molecule has 6 nitrogen and oxygen atoms in total. The highest BCUT2D eigenvalue weighted by Crippen LogP contribution is 2.25. The number of nitrogens with one attached hydrogen (secondary N) is 1. The molecule has 0 fully saturated rings. The minimum atomic E-state index is -0.0630. The smallest absolute Gasteiger partial charge is 0.234 e. The second-order valence-electron chi connectivity index (χ2n) is 6.79. The maximum Gasteiger partial charge on any atom is 0.234 e. The fourth-order valence-corrected chi connectivity index (χ4v) is 3.78. The number of benzene rings is 2. The molecule has 0 radical (unpaired) electrons. The quantitative estimate of drug-likeness (QED) is 0.560. The molecular weight excluding hydrogens is 382 g/mol. The number of rotatable bonds is 8. The van der Waals surface area contributed by atoms with Crippen molar-refractivity contribution in [1.82, 2.24) is 14.8 Å². The molecule has 7 heteroatoms. The molecule has 29 heavy (non-hydrogen) atoms. The molecule has 0 aliphatic rings. The summed E-state index contributed by atoms with van der Waals surface area (Å²) in [5, 5.41) is 12.2. The van der Waals surface area contributed by atoms with Crippen LogP contribution in [0.2, 0.25) is 0 Å². The van der Waals surface area contributed by atoms with Gasteiger partial charge in [0.05, 0.1) is 5.75 Å². The fourth-order valence-electron chi connectivity index (χ4n) is 3.07. The number of anilines is 2. The van der Waals surface area contributed by atoms with Gasteiger partial charge in [-0.1, -0.05) is 29.5 Å². The lowest BCUT2D eigenvalue weighted by Crippen LogP contribution is -2.21. The molecular formula is C22H27N5OS. The lowest BCUT2D eigenvalue weighted by Gasteiger charge is -2.21. The van der Waals surface area contributed by atoms with Crippen LogP contribution in [0.25, 0.3) is 11.4 Å². The van der Waals surface area contributed by atoms with Crippen LogP contribution >= 0.6 is 11.8 Å². The number of amides is 1. The summed E-state index contributed by atoms with van der Waals surface area (Å²) >= 11 is 1.38. The summed E-state index contributed by atoms with van der Waals surface area (Å²) in [7, 11) is 1.92. The topological polar surface area (TPSA) is 63.1 Å². The summed E-state index contributed by atoms with van der Waals surface area (Å²) in [6.45, 7) is 8.28. The highest BCUT2D eigenvalue weighted by Gasteiger charge is 2.13. The van der Waals surface area contributed by atoms with Crippen LogP contribution in [0.1, 0.15) is 19.4 Å². The Morgan fingerprint density at radius 2 is 1.69 bits per heavy atom. The average Bonchev–Trinajstić information content (AvgIpc) is 3.10. The van der Waals surface area contributed by atoms with E-state index in [4.69, 9.17) is 0 Å². The predicted molar refractivity (Wildman–Crippen MR) is 121 cm³/mol. The number of thioether (sulfide) groups is 1. The molecule has 152 valence electrons. The molecule has 0 aliphatic carbocycles. The molecule has 0 spiro atoms. The van der Waals surface area contributed by atoms with E-state index in [1.165, 1.54) is 17.4 Å². The number of aryl methyl sites for hydroxylation is 1. The van der Waals surface area contributed by atoms with Crippen molar-refractivity contribution < 1.29 is 4.79 Å². The number of hydrogen-bond donors (Lipinski definition) is 1. The van der Waals surface area contributed by atoms with Crippen LogP contribution in [-0.4, -0.2) is 39.5 Å². The second-order valence-corrected chi connectivity index (χ2v) is 7.73. The number of hydrogen-bond acceptors (Lipinski definition) is 5. The molecule has 1 amide bonds. The molecule has 0 saturated heterocycles. The Balaban J connectivity index is 1.63. The molecule has 0 atom stereocenters. The van der Waals surface area contributed by atoms with Crippen molar-refractivity contribution in [3.63, 3.8) is 0 Å². The van der Waals surface area contributed by atoms with Crippen molar-refractivity contribution in [2.75, 3.05) is 29.1 Å². The third kappa shape index (κ3) is 5.17. The SMILES string of the molecule is CCN(CC)c1ccc(-c2nnc(SCC(=O)Nc3ccc(C)cc3)n2C)cc1. The van der Waals surface area contributed by atoms with E-state index in [-0.39, 0.29) is 11.7 Å². The molecule has 3 rings (SSSR count). The molecule has 1 heterocycles. The summed E-state index contributed by atoms with van der Waals surface area (Å²) in [6.07, 6.45) is 0. The van der Waals surface area contributed by atoms with Crippen molar-refractivity contribution >= 4 is 29.0 Å². The van der Waals surface area contributed by atoms with Gasteiger partial charge in [-0.05, 0) is 57.2 Å². The van der Waals surface area contributed by atoms with E-state index < -0.39 is 0 Å². The summed E-state index contributed by atoms with van der Waals surface area (Å²) in [4.78, 5) is 14.5. The Morgan fingerprint density at radius 1 is 1.03 bits per heavy atom. The average molecular weight is 410 g/mol. The van der Waals surface area contributed by atoms with E-state index in [2.05, 4.69) is 58.5 Å². The Bertz CT molecular complexity index is 946. The van der Waals surface area contributed by atoms with Gasteiger partial charge in [-0.3, -0.25) is 4.79 Å². The van der Waals surface area contributed by atoms with Crippen LogP contribution in [-0.2, 0) is 11.8 Å². The zero-order valence-corrected chi connectivity index (χ0v) is 18.2. The summed E-state index contributed by atoms with van der Waals surface area (Å²) in [5.74, 6) is 1.00. The molecule has 0 bridgehead atoms. The van der Waals surface area contributed by atoms with Gasteiger partial charge in [-0.25, -0.2) is 0 Å². The van der Waals surface area contributed by atoms with Gasteiger partial charge in [0.25, 0.3) is 0 Å². The fraction of sp³-hybridized carbons (Fsp3) is 0.318. The third-order valence-electron chi connectivity index (χ3n) is 4.76. The molecule has 0 aliphatic heterocycles. The Morgan fingerprint density at radius 3 is 2.31 bits per heavy atom. The third-order valence-corrected chi connectivity index (χ3v) is 5.78. The monoisotopic (exact) mass is 409 g/mol. The molecule has 3 aromatic rings. The van der Waals surface area contributed by atoms with E-state index in [1.54, 1.807) is 0 Å². The predicted octanol–water partition coefficient (Wildman–Crippen LogP) is 4.37. The Labute approximate surface area is 176 Å². The second kappa shape index (κ2) is 9.60. The summed E-state index contributed by atoms with van der Waals surface area (Å²) in [5.41, 5.74) is 4.16. The summed E-state index contributed by atoms with van der Waals surface area (Å²) < 4.78 is 1.93. The van der Waals surface area contributed by atoms with Gasteiger partial charge >= 0.3 is 0 Å². The van der Waals surface area contributed by atoms with Crippen molar-refractivity contribution in [2.24, 2.45) is 7.05 Å². The molecule has 1 aromatic heterocycles. The van der Waals surface area contributed by atoms with Crippen molar-refractivity contribution in [2.45, 2.75) is 25.9 Å². The van der Waals surface area contributed by atoms with E-state index in [9.17, 15) is 4.79 Å². The van der Waals surface area contributed by atoms with Gasteiger partial charge in [0.2, 0.25) is 5.91 Å². The molecule has 0 unspecified atom stereocenters.